The smallest absolute Gasteiger partial charge is 0.246 e. The first-order valence-electron chi connectivity index (χ1n) is 7.45. The third kappa shape index (κ3) is 5.01. The van der Waals surface area contributed by atoms with Crippen molar-refractivity contribution in [2.75, 3.05) is 13.1 Å². The first-order chi connectivity index (χ1) is 10.9. The first-order valence-corrected chi connectivity index (χ1v) is 8.89. The molecule has 0 aliphatic heterocycles. The van der Waals surface area contributed by atoms with Gasteiger partial charge in [0.15, 0.2) is 0 Å². The van der Waals surface area contributed by atoms with Crippen LogP contribution in [0.25, 0.3) is 0 Å². The number of benzene rings is 2. The number of halogens is 2. The number of nitrogens with zero attached hydrogens (tertiary/aromatic N) is 1. The zero-order valence-electron chi connectivity index (χ0n) is 13.5. The molecule has 4 nitrogen and oxygen atoms in total. The van der Waals surface area contributed by atoms with Crippen LogP contribution < -0.4 is 5.73 Å². The quantitative estimate of drug-likeness (QED) is 0.812. The van der Waals surface area contributed by atoms with Crippen molar-refractivity contribution >= 4 is 22.4 Å². The highest BCUT2D eigenvalue weighted by Crippen LogP contribution is 2.22. The molecule has 2 aromatic rings. The van der Waals surface area contributed by atoms with E-state index in [0.29, 0.717) is 18.5 Å². The minimum absolute atomic E-state index is 0. The predicted molar refractivity (Wildman–Crippen MR) is 96.1 cm³/mol. The fourth-order valence-electron chi connectivity index (χ4n) is 2.29. The van der Waals surface area contributed by atoms with Gasteiger partial charge in [-0.3, -0.25) is 0 Å². The molecule has 0 spiro atoms. The minimum atomic E-state index is -3.92. The fourth-order valence-corrected chi connectivity index (χ4v) is 3.81. The molecular weight excluding hydrogens is 351 g/mol. The van der Waals surface area contributed by atoms with Crippen molar-refractivity contribution in [1.29, 1.82) is 0 Å². The Morgan fingerprint density at radius 2 is 1.79 bits per heavy atom. The van der Waals surface area contributed by atoms with Gasteiger partial charge in [0.25, 0.3) is 0 Å². The molecule has 0 fully saturated rings. The molecule has 0 bridgehead atoms. The lowest BCUT2D eigenvalue weighted by molar-refractivity contribution is 0.398. The number of hydrogen-bond acceptors (Lipinski definition) is 3. The highest BCUT2D eigenvalue weighted by atomic mass is 35.5. The van der Waals surface area contributed by atoms with Gasteiger partial charge in [-0.2, -0.15) is 4.31 Å². The van der Waals surface area contributed by atoms with Crippen LogP contribution in [0.3, 0.4) is 0 Å². The van der Waals surface area contributed by atoms with Crippen LogP contribution >= 0.6 is 12.4 Å². The maximum atomic E-state index is 14.1. The molecule has 0 saturated heterocycles. The van der Waals surface area contributed by atoms with Gasteiger partial charge in [0.2, 0.25) is 10.0 Å². The van der Waals surface area contributed by atoms with Crippen LogP contribution in [0, 0.1) is 12.7 Å². The second-order valence-corrected chi connectivity index (χ2v) is 7.31. The monoisotopic (exact) mass is 372 g/mol. The molecule has 132 valence electrons. The number of aryl methyl sites for hydroxylation is 1. The zero-order valence-corrected chi connectivity index (χ0v) is 15.1. The molecular formula is C17H22ClFN2O2S. The lowest BCUT2D eigenvalue weighted by Gasteiger charge is -2.22. The van der Waals surface area contributed by atoms with Crippen LogP contribution in [0.4, 0.5) is 4.39 Å². The molecule has 0 atom stereocenters. The standard InChI is InChI=1S/C17H21FN2O2S.ClH/c1-14-8-9-17(16(18)12-14)23(21,22)20(11-5-10-19)13-15-6-3-2-4-7-15;/h2-4,6-9,12H,5,10-11,13,19H2,1H3;1H. The van der Waals surface area contributed by atoms with Crippen molar-refractivity contribution < 1.29 is 12.8 Å². The molecule has 2 rings (SSSR count). The summed E-state index contributed by atoms with van der Waals surface area (Å²) >= 11 is 0. The Bertz CT molecular complexity index is 754. The molecule has 2 aromatic carbocycles. The van der Waals surface area contributed by atoms with E-state index in [1.165, 1.54) is 16.4 Å². The van der Waals surface area contributed by atoms with Gasteiger partial charge >= 0.3 is 0 Å². The lowest BCUT2D eigenvalue weighted by Crippen LogP contribution is -2.33. The van der Waals surface area contributed by atoms with E-state index in [4.69, 9.17) is 5.73 Å². The molecule has 0 saturated carbocycles. The summed E-state index contributed by atoms with van der Waals surface area (Å²) in [5.74, 6) is -0.726. The maximum Gasteiger partial charge on any atom is 0.246 e. The Morgan fingerprint density at radius 3 is 2.38 bits per heavy atom. The van der Waals surface area contributed by atoms with Crippen molar-refractivity contribution in [1.82, 2.24) is 4.31 Å². The van der Waals surface area contributed by atoms with Gasteiger partial charge in [-0.1, -0.05) is 36.4 Å². The van der Waals surface area contributed by atoms with Gasteiger partial charge in [0, 0.05) is 13.1 Å². The summed E-state index contributed by atoms with van der Waals surface area (Å²) in [5.41, 5.74) is 7.03. The Kier molecular flexibility index (Phi) is 7.83. The summed E-state index contributed by atoms with van der Waals surface area (Å²) in [4.78, 5) is -0.295. The summed E-state index contributed by atoms with van der Waals surface area (Å²) in [5, 5.41) is 0. The number of rotatable bonds is 7. The zero-order chi connectivity index (χ0) is 16.9. The highest BCUT2D eigenvalue weighted by Gasteiger charge is 2.27. The van der Waals surface area contributed by atoms with Gasteiger partial charge in [-0.15, -0.1) is 12.4 Å². The Hall–Kier alpha value is -1.47. The van der Waals surface area contributed by atoms with E-state index in [1.54, 1.807) is 13.0 Å². The third-order valence-electron chi connectivity index (χ3n) is 3.52. The summed E-state index contributed by atoms with van der Waals surface area (Å²) in [6.07, 6.45) is 0.513. The van der Waals surface area contributed by atoms with Gasteiger partial charge in [-0.05, 0) is 43.1 Å². The molecule has 2 N–H and O–H groups in total. The summed E-state index contributed by atoms with van der Waals surface area (Å²) < 4.78 is 41.1. The average Bonchev–Trinajstić information content (AvgIpc) is 2.52. The molecule has 7 heteroatoms. The van der Waals surface area contributed by atoms with Crippen LogP contribution in [0.1, 0.15) is 17.5 Å². The van der Waals surface area contributed by atoms with Crippen molar-refractivity contribution in [2.24, 2.45) is 5.73 Å². The van der Waals surface area contributed by atoms with Gasteiger partial charge in [0.05, 0.1) is 0 Å². The summed E-state index contributed by atoms with van der Waals surface area (Å²) in [6.45, 7) is 2.53. The largest absolute Gasteiger partial charge is 0.330 e. The highest BCUT2D eigenvalue weighted by molar-refractivity contribution is 7.89. The Labute approximate surface area is 148 Å². The Balaban J connectivity index is 0.00000288. The predicted octanol–water partition coefficient (Wildman–Crippen LogP) is 3.10. The molecule has 0 aliphatic carbocycles. The van der Waals surface area contributed by atoms with E-state index >= 15 is 0 Å². The second kappa shape index (κ2) is 9.13. The van der Waals surface area contributed by atoms with Gasteiger partial charge < -0.3 is 5.73 Å². The normalized spacial score (nSPS) is 11.3. The van der Waals surface area contributed by atoms with E-state index in [-0.39, 0.29) is 30.4 Å². The van der Waals surface area contributed by atoms with E-state index < -0.39 is 15.8 Å². The van der Waals surface area contributed by atoms with Crippen LogP contribution in [0.2, 0.25) is 0 Å². The number of hydrogen-bond donors (Lipinski definition) is 1. The average molecular weight is 373 g/mol. The van der Waals surface area contributed by atoms with Crippen LogP contribution in [-0.2, 0) is 16.6 Å². The van der Waals surface area contributed by atoms with E-state index in [0.717, 1.165) is 5.56 Å². The summed E-state index contributed by atoms with van der Waals surface area (Å²) in [6, 6.07) is 13.4. The van der Waals surface area contributed by atoms with Gasteiger partial charge in [-0.25, -0.2) is 12.8 Å². The van der Waals surface area contributed by atoms with E-state index in [2.05, 4.69) is 0 Å². The third-order valence-corrected chi connectivity index (χ3v) is 5.40. The topological polar surface area (TPSA) is 63.4 Å². The van der Waals surface area contributed by atoms with Crippen molar-refractivity contribution in [3.63, 3.8) is 0 Å². The minimum Gasteiger partial charge on any atom is -0.330 e. The molecule has 0 amide bonds. The van der Waals surface area contributed by atoms with Crippen molar-refractivity contribution in [2.45, 2.75) is 24.8 Å². The van der Waals surface area contributed by atoms with Gasteiger partial charge in [0.1, 0.15) is 10.7 Å². The fraction of sp³-hybridized carbons (Fsp3) is 0.294. The summed E-state index contributed by atoms with van der Waals surface area (Å²) in [7, 11) is -3.92. The first kappa shape index (κ1) is 20.6. The van der Waals surface area contributed by atoms with Crippen LogP contribution in [-0.4, -0.2) is 25.8 Å². The SMILES string of the molecule is Cc1ccc(S(=O)(=O)N(CCCN)Cc2ccccc2)c(F)c1.Cl. The van der Waals surface area contributed by atoms with E-state index in [1.807, 2.05) is 30.3 Å². The lowest BCUT2D eigenvalue weighted by atomic mass is 10.2. The molecule has 0 aromatic heterocycles. The van der Waals surface area contributed by atoms with Crippen molar-refractivity contribution in [3.05, 3.63) is 65.5 Å². The molecule has 0 unspecified atom stereocenters. The van der Waals surface area contributed by atoms with Crippen molar-refractivity contribution in [3.8, 4) is 0 Å². The second-order valence-electron chi connectivity index (χ2n) is 5.40. The molecule has 0 radical (unpaired) electrons. The number of nitrogens with two attached hydrogens (primary N) is 1. The molecule has 24 heavy (non-hydrogen) atoms. The van der Waals surface area contributed by atoms with E-state index in [9.17, 15) is 12.8 Å². The Morgan fingerprint density at radius 1 is 1.12 bits per heavy atom. The molecule has 0 heterocycles. The van der Waals surface area contributed by atoms with Crippen LogP contribution in [0.5, 0.6) is 0 Å². The number of sulfonamides is 1. The molecule has 0 aliphatic rings. The maximum absolute atomic E-state index is 14.1. The van der Waals surface area contributed by atoms with Crippen LogP contribution in [0.15, 0.2) is 53.4 Å².